The first-order valence-corrected chi connectivity index (χ1v) is 8.35. The third-order valence-electron chi connectivity index (χ3n) is 3.92. The van der Waals surface area contributed by atoms with E-state index >= 15 is 0 Å². The van der Waals surface area contributed by atoms with Crippen LogP contribution >= 0.6 is 11.6 Å². The van der Waals surface area contributed by atoms with Crippen LogP contribution in [0.2, 0.25) is 5.02 Å². The van der Waals surface area contributed by atoms with Gasteiger partial charge in [0.25, 0.3) is 0 Å². The van der Waals surface area contributed by atoms with Gasteiger partial charge in [-0.3, -0.25) is 4.90 Å². The molecule has 0 radical (unpaired) electrons. The van der Waals surface area contributed by atoms with E-state index in [4.69, 9.17) is 17.3 Å². The summed E-state index contributed by atoms with van der Waals surface area (Å²) in [6.45, 7) is 12.3. The number of piperazine rings is 1. The van der Waals surface area contributed by atoms with Gasteiger partial charge in [0.05, 0.1) is 0 Å². The number of hydrogen-bond donors (Lipinski definition) is 1. The SMILES string of the molecule is CC(C)CN1CCN(c2ccc(Cl)cc2CC(C)N)CC1. The smallest absolute Gasteiger partial charge is 0.0410 e. The summed E-state index contributed by atoms with van der Waals surface area (Å²) >= 11 is 6.15. The van der Waals surface area contributed by atoms with Gasteiger partial charge in [-0.25, -0.2) is 0 Å². The van der Waals surface area contributed by atoms with E-state index in [1.54, 1.807) is 0 Å². The predicted octanol–water partition coefficient (Wildman–Crippen LogP) is 3.01. The summed E-state index contributed by atoms with van der Waals surface area (Å²) in [6, 6.07) is 6.37. The Morgan fingerprint density at radius 3 is 2.38 bits per heavy atom. The molecule has 1 aromatic carbocycles. The van der Waals surface area contributed by atoms with Gasteiger partial charge in [0.1, 0.15) is 0 Å². The van der Waals surface area contributed by atoms with E-state index in [2.05, 4.69) is 35.8 Å². The predicted molar refractivity (Wildman–Crippen MR) is 92.3 cm³/mol. The zero-order valence-corrected chi connectivity index (χ0v) is 14.2. The fraction of sp³-hybridized carbons (Fsp3) is 0.647. The van der Waals surface area contributed by atoms with Gasteiger partial charge in [-0.15, -0.1) is 0 Å². The molecule has 2 N–H and O–H groups in total. The van der Waals surface area contributed by atoms with Crippen LogP contribution in [0.25, 0.3) is 0 Å². The molecule has 0 bridgehead atoms. The summed E-state index contributed by atoms with van der Waals surface area (Å²) in [5, 5.41) is 0.799. The summed E-state index contributed by atoms with van der Waals surface area (Å²) in [4.78, 5) is 5.03. The molecule has 1 aliphatic heterocycles. The normalized spacial score (nSPS) is 18.3. The average molecular weight is 310 g/mol. The Kier molecular flexibility index (Phi) is 5.91. The van der Waals surface area contributed by atoms with Crippen molar-refractivity contribution in [1.29, 1.82) is 0 Å². The van der Waals surface area contributed by atoms with Crippen LogP contribution in [0, 0.1) is 5.92 Å². The molecule has 0 spiro atoms. The monoisotopic (exact) mass is 309 g/mol. The Morgan fingerprint density at radius 1 is 1.14 bits per heavy atom. The highest BCUT2D eigenvalue weighted by Gasteiger charge is 2.20. The fourth-order valence-electron chi connectivity index (χ4n) is 3.06. The van der Waals surface area contributed by atoms with Crippen LogP contribution in [0.5, 0.6) is 0 Å². The van der Waals surface area contributed by atoms with E-state index in [1.165, 1.54) is 17.8 Å². The highest BCUT2D eigenvalue weighted by molar-refractivity contribution is 6.30. The molecular weight excluding hydrogens is 282 g/mol. The molecule has 3 nitrogen and oxygen atoms in total. The van der Waals surface area contributed by atoms with Gasteiger partial charge in [0.2, 0.25) is 0 Å². The van der Waals surface area contributed by atoms with Crippen molar-refractivity contribution in [2.75, 3.05) is 37.6 Å². The van der Waals surface area contributed by atoms with Crippen LogP contribution < -0.4 is 10.6 Å². The molecule has 0 aromatic heterocycles. The van der Waals surface area contributed by atoms with Crippen LogP contribution in [-0.4, -0.2) is 43.7 Å². The summed E-state index contributed by atoms with van der Waals surface area (Å²) in [7, 11) is 0. The van der Waals surface area contributed by atoms with Crippen LogP contribution in [0.1, 0.15) is 26.3 Å². The molecule has 0 saturated carbocycles. The van der Waals surface area contributed by atoms with E-state index in [1.807, 2.05) is 13.0 Å². The number of benzene rings is 1. The molecule has 0 aliphatic carbocycles. The van der Waals surface area contributed by atoms with Gasteiger partial charge >= 0.3 is 0 Å². The Labute approximate surface area is 134 Å². The number of nitrogens with zero attached hydrogens (tertiary/aromatic N) is 2. The van der Waals surface area contributed by atoms with Crippen molar-refractivity contribution < 1.29 is 0 Å². The van der Waals surface area contributed by atoms with E-state index in [0.29, 0.717) is 0 Å². The first-order valence-electron chi connectivity index (χ1n) is 7.97. The summed E-state index contributed by atoms with van der Waals surface area (Å²) < 4.78 is 0. The highest BCUT2D eigenvalue weighted by Crippen LogP contribution is 2.26. The molecular formula is C17H28ClN3. The van der Waals surface area contributed by atoms with Crippen molar-refractivity contribution in [3.8, 4) is 0 Å². The second-order valence-corrected chi connectivity index (χ2v) is 7.07. The molecule has 1 aliphatic rings. The molecule has 2 rings (SSSR count). The molecule has 1 aromatic rings. The zero-order chi connectivity index (χ0) is 15.4. The van der Waals surface area contributed by atoms with Gasteiger partial charge in [-0.05, 0) is 43.0 Å². The number of hydrogen-bond acceptors (Lipinski definition) is 3. The number of rotatable bonds is 5. The van der Waals surface area contributed by atoms with Gasteiger partial charge in [-0.1, -0.05) is 25.4 Å². The fourth-order valence-corrected chi connectivity index (χ4v) is 3.26. The lowest BCUT2D eigenvalue weighted by Gasteiger charge is -2.38. The molecule has 21 heavy (non-hydrogen) atoms. The summed E-state index contributed by atoms with van der Waals surface area (Å²) in [5.74, 6) is 0.737. The minimum Gasteiger partial charge on any atom is -0.369 e. The van der Waals surface area contributed by atoms with Gasteiger partial charge in [0, 0.05) is 49.5 Å². The maximum atomic E-state index is 6.15. The second-order valence-electron chi connectivity index (χ2n) is 6.64. The van der Waals surface area contributed by atoms with Crippen LogP contribution in [0.15, 0.2) is 18.2 Å². The quantitative estimate of drug-likeness (QED) is 0.907. The largest absolute Gasteiger partial charge is 0.369 e. The topological polar surface area (TPSA) is 32.5 Å². The first kappa shape index (κ1) is 16.6. The summed E-state index contributed by atoms with van der Waals surface area (Å²) in [5.41, 5.74) is 8.56. The Balaban J connectivity index is 2.05. The summed E-state index contributed by atoms with van der Waals surface area (Å²) in [6.07, 6.45) is 0.877. The molecule has 1 unspecified atom stereocenters. The third-order valence-corrected chi connectivity index (χ3v) is 4.15. The van der Waals surface area contributed by atoms with Crippen LogP contribution in [0.4, 0.5) is 5.69 Å². The average Bonchev–Trinajstić information content (AvgIpc) is 2.39. The Bertz CT molecular complexity index is 451. The zero-order valence-electron chi connectivity index (χ0n) is 13.5. The molecule has 1 heterocycles. The van der Waals surface area contributed by atoms with Crippen molar-refractivity contribution in [2.24, 2.45) is 11.7 Å². The van der Waals surface area contributed by atoms with Crippen molar-refractivity contribution in [3.63, 3.8) is 0 Å². The van der Waals surface area contributed by atoms with Crippen molar-refractivity contribution in [1.82, 2.24) is 4.90 Å². The highest BCUT2D eigenvalue weighted by atomic mass is 35.5. The lowest BCUT2D eigenvalue weighted by Crippen LogP contribution is -2.47. The molecule has 1 atom stereocenters. The molecule has 1 fully saturated rings. The van der Waals surface area contributed by atoms with E-state index < -0.39 is 0 Å². The molecule has 0 amide bonds. The van der Waals surface area contributed by atoms with Gasteiger partial charge in [-0.2, -0.15) is 0 Å². The minimum absolute atomic E-state index is 0.157. The van der Waals surface area contributed by atoms with Gasteiger partial charge in [0.15, 0.2) is 0 Å². The number of halogens is 1. The maximum absolute atomic E-state index is 6.15. The lowest BCUT2D eigenvalue weighted by atomic mass is 10.0. The standard InChI is InChI=1S/C17H28ClN3/c1-13(2)12-20-6-8-21(9-7-20)17-5-4-16(18)11-15(17)10-14(3)19/h4-5,11,13-14H,6-10,12,19H2,1-3H3. The second kappa shape index (κ2) is 7.48. The van der Waals surface area contributed by atoms with Crippen LogP contribution in [-0.2, 0) is 6.42 Å². The third kappa shape index (κ3) is 4.87. The van der Waals surface area contributed by atoms with Crippen molar-refractivity contribution in [2.45, 2.75) is 33.2 Å². The van der Waals surface area contributed by atoms with Crippen LogP contribution in [0.3, 0.4) is 0 Å². The number of anilines is 1. The van der Waals surface area contributed by atoms with E-state index in [0.717, 1.165) is 43.5 Å². The minimum atomic E-state index is 0.157. The first-order chi connectivity index (χ1) is 9.95. The Hall–Kier alpha value is -0.770. The van der Waals surface area contributed by atoms with Crippen molar-refractivity contribution in [3.05, 3.63) is 28.8 Å². The maximum Gasteiger partial charge on any atom is 0.0410 e. The lowest BCUT2D eigenvalue weighted by molar-refractivity contribution is 0.231. The molecule has 1 saturated heterocycles. The van der Waals surface area contributed by atoms with Crippen molar-refractivity contribution >= 4 is 17.3 Å². The molecule has 118 valence electrons. The van der Waals surface area contributed by atoms with Gasteiger partial charge < -0.3 is 10.6 Å². The number of nitrogens with two attached hydrogens (primary N) is 1. The molecule has 4 heteroatoms. The van der Waals surface area contributed by atoms with E-state index in [9.17, 15) is 0 Å². The van der Waals surface area contributed by atoms with E-state index in [-0.39, 0.29) is 6.04 Å². The Morgan fingerprint density at radius 2 is 1.81 bits per heavy atom.